The summed E-state index contributed by atoms with van der Waals surface area (Å²) in [5, 5.41) is 37.5. The third-order valence-electron chi connectivity index (χ3n) is 0. The number of rotatable bonds is 0. The molecule has 0 spiro atoms. The predicted octanol–water partition coefficient (Wildman–Crippen LogP) is -2.31. The van der Waals surface area contributed by atoms with Crippen LogP contribution in [0.2, 0.25) is 0 Å². The molecular weight excluding hydrogens is 316 g/mol. The minimum absolute atomic E-state index is 0. The maximum atomic E-state index is 6.25. The molecular formula is C6HFeKN6Zn. The summed E-state index contributed by atoms with van der Waals surface area (Å²) in [6.07, 6.45) is 0. The van der Waals surface area contributed by atoms with Crippen molar-refractivity contribution in [2.75, 3.05) is 0 Å². The molecule has 6 nitrogen and oxygen atoms in total. The first-order chi connectivity index (χ1) is 6.00. The largest absolute Gasteiger partial charge is 6.00 e. The van der Waals surface area contributed by atoms with E-state index in [0.717, 1.165) is 0 Å². The molecule has 9 heteroatoms. The van der Waals surface area contributed by atoms with E-state index >= 15 is 0 Å². The summed E-state index contributed by atoms with van der Waals surface area (Å²) >= 11 is 0. The second kappa shape index (κ2) is 28200. The normalized spacial score (nSPS) is 0.800. The average Bonchev–Trinajstić information content (AvgIpc) is 2.33. The summed E-state index contributed by atoms with van der Waals surface area (Å²) in [4.78, 5) is 0. The maximum Gasteiger partial charge on any atom is 6.00 e. The fourth-order valence-electron chi connectivity index (χ4n) is 0. The van der Waals surface area contributed by atoms with E-state index in [9.17, 15) is 0 Å². The molecule has 0 heterocycles. The van der Waals surface area contributed by atoms with Crippen molar-refractivity contribution in [3.05, 3.63) is 39.4 Å². The Labute approximate surface area is 158 Å². The summed E-state index contributed by atoms with van der Waals surface area (Å²) in [6, 6.07) is 0. The standard InChI is InChI=1S/6CN.Fe.K.Zn.H/c6*1-2;;;;/q6*-1;+6;+1;;-1. The molecule has 0 saturated heterocycles. The Bertz CT molecular complexity index is 108. The summed E-state index contributed by atoms with van der Waals surface area (Å²) in [5.74, 6) is 0. The van der Waals surface area contributed by atoms with Crippen LogP contribution in [0.15, 0.2) is 0 Å². The van der Waals surface area contributed by atoms with Gasteiger partial charge in [-0.2, -0.15) is 0 Å². The molecule has 0 aromatic carbocycles. The molecule has 0 radical (unpaired) electrons. The van der Waals surface area contributed by atoms with E-state index in [2.05, 4.69) is 0 Å². The van der Waals surface area contributed by atoms with E-state index in [1.165, 1.54) is 0 Å². The van der Waals surface area contributed by atoms with Gasteiger partial charge in [-0.3, -0.25) is 0 Å². The van der Waals surface area contributed by atoms with Crippen molar-refractivity contribution in [3.8, 4) is 0 Å². The molecule has 0 fully saturated rings. The topological polar surface area (TPSA) is 143 Å². The molecule has 66 valence electrons. The van der Waals surface area contributed by atoms with Crippen LogP contribution in [-0.4, -0.2) is 0 Å². The zero-order valence-electron chi connectivity index (χ0n) is 8.74. The Morgan fingerprint density at radius 2 is 0.467 bits per heavy atom. The van der Waals surface area contributed by atoms with Crippen LogP contribution in [0.1, 0.15) is 1.43 Å². The van der Waals surface area contributed by atoms with Crippen molar-refractivity contribution in [2.24, 2.45) is 0 Å². The molecule has 0 aromatic rings. The summed E-state index contributed by atoms with van der Waals surface area (Å²) < 4.78 is 0. The van der Waals surface area contributed by atoms with E-state index in [1.807, 2.05) is 0 Å². The van der Waals surface area contributed by atoms with Crippen LogP contribution in [0.5, 0.6) is 0 Å². The molecule has 0 aliphatic heterocycles. The van der Waals surface area contributed by atoms with Crippen molar-refractivity contribution in [1.29, 1.82) is 31.6 Å². The zero-order valence-corrected chi connectivity index (χ0v) is 14.9. The van der Waals surface area contributed by atoms with Crippen molar-refractivity contribution < 1.29 is 89.4 Å². The fraction of sp³-hybridized carbons (Fsp3) is 0. The van der Waals surface area contributed by atoms with Crippen molar-refractivity contribution in [3.63, 3.8) is 0 Å². The van der Waals surface area contributed by atoms with Gasteiger partial charge in [-0.15, -0.1) is 0 Å². The number of nitrogens with zero attached hydrogens (tertiary/aromatic N) is 6. The van der Waals surface area contributed by atoms with Crippen LogP contribution < -0.4 is 51.4 Å². The van der Waals surface area contributed by atoms with Crippen LogP contribution in [-0.2, 0) is 36.5 Å². The predicted molar refractivity (Wildman–Crippen MR) is 30.9 cm³/mol. The SMILES string of the molecule is [C-]#N.[C-]#N.[C-]#N.[C-]#N.[C-]#N.[C-]#N.[Fe+6].[H-].[K+].[Zn]. The van der Waals surface area contributed by atoms with E-state index in [-0.39, 0.29) is 89.4 Å². The average molecular weight is 317 g/mol. The van der Waals surface area contributed by atoms with Gasteiger partial charge in [0.2, 0.25) is 0 Å². The van der Waals surface area contributed by atoms with Gasteiger partial charge in [-0.25, -0.2) is 0 Å². The van der Waals surface area contributed by atoms with Gasteiger partial charge in [0.1, 0.15) is 0 Å². The van der Waals surface area contributed by atoms with Crippen LogP contribution in [0.25, 0.3) is 0 Å². The third-order valence-corrected chi connectivity index (χ3v) is 0. The van der Waals surface area contributed by atoms with Crippen LogP contribution in [0, 0.1) is 71.0 Å². The van der Waals surface area contributed by atoms with Gasteiger partial charge in [0, 0.05) is 19.5 Å². The van der Waals surface area contributed by atoms with Crippen LogP contribution >= 0.6 is 0 Å². The number of hydrogen-bond donors (Lipinski definition) is 0. The van der Waals surface area contributed by atoms with Gasteiger partial charge in [0.05, 0.1) is 0 Å². The van der Waals surface area contributed by atoms with Gasteiger partial charge < -0.3 is 72.4 Å². The van der Waals surface area contributed by atoms with Gasteiger partial charge in [-0.05, 0) is 0 Å². The first kappa shape index (κ1) is 84.7. The molecule has 0 aliphatic carbocycles. The molecule has 0 unspecified atom stereocenters. The second-order valence-electron chi connectivity index (χ2n) is 0. The Morgan fingerprint density at radius 3 is 0.467 bits per heavy atom. The quantitative estimate of drug-likeness (QED) is 0.363. The van der Waals surface area contributed by atoms with Crippen LogP contribution in [0.4, 0.5) is 0 Å². The molecule has 15 heavy (non-hydrogen) atoms. The summed E-state index contributed by atoms with van der Waals surface area (Å²) in [6.45, 7) is 28.5. The zero-order chi connectivity index (χ0) is 12.0. The van der Waals surface area contributed by atoms with E-state index in [4.69, 9.17) is 71.0 Å². The van der Waals surface area contributed by atoms with E-state index < -0.39 is 0 Å². The minimum atomic E-state index is 0. The van der Waals surface area contributed by atoms with Gasteiger partial charge in [0.15, 0.2) is 0 Å². The fourth-order valence-corrected chi connectivity index (χ4v) is 0. The van der Waals surface area contributed by atoms with Crippen LogP contribution in [0.3, 0.4) is 0 Å². The van der Waals surface area contributed by atoms with Gasteiger partial charge in [-0.1, -0.05) is 0 Å². The monoisotopic (exact) mass is 316 g/mol. The maximum absolute atomic E-state index is 6.25. The summed E-state index contributed by atoms with van der Waals surface area (Å²) in [7, 11) is 0. The summed E-state index contributed by atoms with van der Waals surface area (Å²) in [5.41, 5.74) is 0. The molecule has 0 saturated carbocycles. The molecule has 0 atom stereocenters. The van der Waals surface area contributed by atoms with Crippen molar-refractivity contribution in [2.45, 2.75) is 0 Å². The second-order valence-corrected chi connectivity index (χ2v) is 0. The van der Waals surface area contributed by atoms with E-state index in [0.29, 0.717) is 0 Å². The van der Waals surface area contributed by atoms with E-state index in [1.54, 1.807) is 0 Å². The number of hydrogen-bond acceptors (Lipinski definition) is 6. The third kappa shape index (κ3) is 23900. The first-order valence-electron chi connectivity index (χ1n) is 1.34. The Kier molecular flexibility index (Phi) is 159000. The molecule has 0 amide bonds. The Hall–Kier alpha value is -0.281. The smallest absolute Gasteiger partial charge is 1.00 e. The molecule has 0 N–H and O–H groups in total. The van der Waals surface area contributed by atoms with Gasteiger partial charge in [0.25, 0.3) is 0 Å². The molecule has 0 aliphatic rings. The first-order valence-corrected chi connectivity index (χ1v) is 1.34. The Balaban J connectivity index is -0.00000000321. The Morgan fingerprint density at radius 1 is 0.467 bits per heavy atom. The molecule has 0 aromatic heterocycles. The van der Waals surface area contributed by atoms with Gasteiger partial charge >= 0.3 is 68.5 Å². The molecule has 0 bridgehead atoms. The van der Waals surface area contributed by atoms with Crippen molar-refractivity contribution >= 4 is 0 Å². The minimum Gasteiger partial charge on any atom is -1.00 e. The molecule has 0 rings (SSSR count). The van der Waals surface area contributed by atoms with Crippen molar-refractivity contribution in [1.82, 2.24) is 0 Å².